The number of nitrogens with one attached hydrogen (secondary N) is 1. The molecular weight excluding hydrogens is 424 g/mol. The highest BCUT2D eigenvalue weighted by molar-refractivity contribution is 6.09. The Balaban J connectivity index is 1.75. The zero-order valence-corrected chi connectivity index (χ0v) is 17.8. The maximum Gasteiger partial charge on any atom is 0.250 e. The van der Waals surface area contributed by atoms with Crippen LogP contribution in [0.4, 0.5) is 0 Å². The van der Waals surface area contributed by atoms with Crippen molar-refractivity contribution >= 4 is 17.0 Å². The van der Waals surface area contributed by atoms with Gasteiger partial charge < -0.3 is 24.9 Å². The third-order valence-corrected chi connectivity index (χ3v) is 5.03. The number of hydrogen-bond acceptors (Lipinski definition) is 9. The molecule has 0 aliphatic carbocycles. The van der Waals surface area contributed by atoms with Gasteiger partial charge in [-0.05, 0) is 18.2 Å². The number of pyridine rings is 2. The van der Waals surface area contributed by atoms with Gasteiger partial charge in [-0.25, -0.2) is 9.98 Å². The normalized spacial score (nSPS) is 14.6. The first kappa shape index (κ1) is 22.1. The van der Waals surface area contributed by atoms with Crippen LogP contribution in [0.3, 0.4) is 0 Å². The number of oxazole rings is 1. The quantitative estimate of drug-likeness (QED) is 0.306. The van der Waals surface area contributed by atoms with E-state index in [0.29, 0.717) is 28.1 Å². The summed E-state index contributed by atoms with van der Waals surface area (Å²) in [6, 6.07) is 6.52. The SMILES string of the molecule is Cn1cc(C2=C(c3ncco3)C=C=C(N)C(C(O)NCc3ncccc3CO)=N2)ccc1=O. The Morgan fingerprint density at radius 2 is 2.12 bits per heavy atom. The summed E-state index contributed by atoms with van der Waals surface area (Å²) in [5.74, 6) is 0.285. The van der Waals surface area contributed by atoms with Gasteiger partial charge in [0.15, 0.2) is 6.23 Å². The lowest BCUT2D eigenvalue weighted by Crippen LogP contribution is -2.39. The molecule has 1 aliphatic heterocycles. The molecule has 1 aliphatic rings. The van der Waals surface area contributed by atoms with E-state index in [4.69, 9.17) is 10.2 Å². The number of aliphatic imine (C=N–C) groups is 1. The van der Waals surface area contributed by atoms with E-state index in [1.54, 1.807) is 43.7 Å². The number of nitrogens with zero attached hydrogens (tertiary/aromatic N) is 4. The second-order valence-corrected chi connectivity index (χ2v) is 7.22. The highest BCUT2D eigenvalue weighted by atomic mass is 16.3. The van der Waals surface area contributed by atoms with Crippen LogP contribution in [0.25, 0.3) is 11.3 Å². The first-order chi connectivity index (χ1) is 16.0. The van der Waals surface area contributed by atoms with E-state index in [1.807, 2.05) is 0 Å². The number of aromatic nitrogens is 3. The summed E-state index contributed by atoms with van der Waals surface area (Å²) in [4.78, 5) is 25.0. The molecule has 168 valence electrons. The molecule has 1 unspecified atom stereocenters. The maximum atomic E-state index is 11.9. The molecular formula is C23H22N6O4. The Bertz CT molecular complexity index is 1350. The van der Waals surface area contributed by atoms with Crippen molar-refractivity contribution in [2.24, 2.45) is 17.8 Å². The molecule has 10 heteroatoms. The molecule has 0 saturated carbocycles. The molecule has 0 amide bonds. The minimum Gasteiger partial charge on any atom is -0.444 e. The van der Waals surface area contributed by atoms with Crippen LogP contribution in [0.2, 0.25) is 0 Å². The molecule has 0 fully saturated rings. The summed E-state index contributed by atoms with van der Waals surface area (Å²) >= 11 is 0. The molecule has 3 aromatic heterocycles. The summed E-state index contributed by atoms with van der Waals surface area (Å²) in [5, 5.41) is 23.3. The molecule has 5 N–H and O–H groups in total. The van der Waals surface area contributed by atoms with Crippen molar-refractivity contribution in [2.75, 3.05) is 0 Å². The zero-order chi connectivity index (χ0) is 23.4. The van der Waals surface area contributed by atoms with Crippen molar-refractivity contribution in [1.82, 2.24) is 19.9 Å². The number of aliphatic hydroxyl groups is 2. The predicted octanol–water partition coefficient (Wildman–Crippen LogP) is 0.689. The second kappa shape index (κ2) is 9.60. The predicted molar refractivity (Wildman–Crippen MR) is 121 cm³/mol. The molecule has 10 nitrogen and oxygen atoms in total. The Labute approximate surface area is 188 Å². The Morgan fingerprint density at radius 3 is 2.85 bits per heavy atom. The summed E-state index contributed by atoms with van der Waals surface area (Å²) in [6.07, 6.45) is 6.46. The molecule has 0 radical (unpaired) electrons. The molecule has 0 spiro atoms. The van der Waals surface area contributed by atoms with Crippen LogP contribution in [0.1, 0.15) is 22.7 Å². The Kier molecular flexibility index (Phi) is 6.43. The van der Waals surface area contributed by atoms with Crippen LogP contribution >= 0.6 is 0 Å². The summed E-state index contributed by atoms with van der Waals surface area (Å²) in [6.45, 7) is -0.00874. The van der Waals surface area contributed by atoms with Crippen molar-refractivity contribution in [3.05, 3.63) is 99.7 Å². The van der Waals surface area contributed by atoms with Crippen LogP contribution in [0.15, 0.2) is 80.8 Å². The standard InChI is InChI=1S/C23H22N6O4/c1-29-12-14(4-7-19(29)31)20-16(23-26-9-10-33-23)5-6-17(24)21(28-20)22(32)27-11-18-15(13-30)3-2-8-25-18/h2-5,7-10,12,22,27,30,32H,11,13,24H2,1H3. The lowest BCUT2D eigenvalue weighted by Gasteiger charge is -2.16. The van der Waals surface area contributed by atoms with Crippen LogP contribution in [0.5, 0.6) is 0 Å². The summed E-state index contributed by atoms with van der Waals surface area (Å²) in [5.41, 5.74) is 11.8. The number of nitrogens with two attached hydrogens (primary N) is 1. The highest BCUT2D eigenvalue weighted by Crippen LogP contribution is 2.29. The smallest absolute Gasteiger partial charge is 0.250 e. The monoisotopic (exact) mass is 446 g/mol. The van der Waals surface area contributed by atoms with Gasteiger partial charge in [-0.1, -0.05) is 11.8 Å². The van der Waals surface area contributed by atoms with E-state index in [-0.39, 0.29) is 36.0 Å². The van der Waals surface area contributed by atoms with Crippen molar-refractivity contribution in [1.29, 1.82) is 0 Å². The largest absolute Gasteiger partial charge is 0.444 e. The number of aliphatic hydroxyl groups excluding tert-OH is 2. The Hall–Kier alpha value is -4.08. The van der Waals surface area contributed by atoms with Crippen molar-refractivity contribution in [2.45, 2.75) is 19.4 Å². The van der Waals surface area contributed by atoms with Gasteiger partial charge in [0.2, 0.25) is 11.4 Å². The van der Waals surface area contributed by atoms with Gasteiger partial charge >= 0.3 is 0 Å². The summed E-state index contributed by atoms with van der Waals surface area (Å²) < 4.78 is 6.88. The van der Waals surface area contributed by atoms with E-state index in [1.165, 1.54) is 23.1 Å². The average molecular weight is 446 g/mol. The minimum absolute atomic E-state index is 0.113. The molecule has 0 bridgehead atoms. The van der Waals surface area contributed by atoms with Crippen molar-refractivity contribution in [3.8, 4) is 0 Å². The van der Waals surface area contributed by atoms with Gasteiger partial charge in [0.25, 0.3) is 0 Å². The number of hydrogen-bond donors (Lipinski definition) is 4. The fourth-order valence-corrected chi connectivity index (χ4v) is 3.28. The zero-order valence-electron chi connectivity index (χ0n) is 17.8. The van der Waals surface area contributed by atoms with E-state index >= 15 is 0 Å². The van der Waals surface area contributed by atoms with E-state index in [9.17, 15) is 15.0 Å². The average Bonchev–Trinajstić information content (AvgIpc) is 3.30. The molecule has 33 heavy (non-hydrogen) atoms. The first-order valence-corrected chi connectivity index (χ1v) is 10.1. The summed E-state index contributed by atoms with van der Waals surface area (Å²) in [7, 11) is 1.63. The Morgan fingerprint density at radius 1 is 1.27 bits per heavy atom. The highest BCUT2D eigenvalue weighted by Gasteiger charge is 2.22. The van der Waals surface area contributed by atoms with Crippen LogP contribution < -0.4 is 16.6 Å². The lowest BCUT2D eigenvalue weighted by molar-refractivity contribution is 0.200. The molecule has 4 rings (SSSR count). The third-order valence-electron chi connectivity index (χ3n) is 5.03. The minimum atomic E-state index is -1.27. The topological polar surface area (TPSA) is 152 Å². The van der Waals surface area contributed by atoms with Gasteiger partial charge in [0, 0.05) is 43.2 Å². The van der Waals surface area contributed by atoms with Gasteiger partial charge in [0.1, 0.15) is 17.7 Å². The van der Waals surface area contributed by atoms with Gasteiger partial charge in [-0.2, -0.15) is 0 Å². The molecule has 0 saturated heterocycles. The molecule has 1 atom stereocenters. The van der Waals surface area contributed by atoms with Gasteiger partial charge in [-0.3, -0.25) is 15.1 Å². The van der Waals surface area contributed by atoms with Crippen LogP contribution in [0, 0.1) is 0 Å². The second-order valence-electron chi connectivity index (χ2n) is 7.22. The first-order valence-electron chi connectivity index (χ1n) is 10.1. The molecule has 0 aromatic carbocycles. The molecule has 3 aromatic rings. The van der Waals surface area contributed by atoms with Gasteiger partial charge in [-0.15, -0.1) is 0 Å². The lowest BCUT2D eigenvalue weighted by atomic mass is 10.1. The molecule has 4 heterocycles. The number of aryl methyl sites for hydroxylation is 1. The number of rotatable bonds is 7. The fraction of sp³-hybridized carbons (Fsp3) is 0.174. The maximum absolute atomic E-state index is 11.9. The van der Waals surface area contributed by atoms with E-state index in [2.05, 4.69) is 26.0 Å². The third kappa shape index (κ3) is 4.74. The number of allylic oxidation sites excluding steroid dienone is 1. The van der Waals surface area contributed by atoms with Crippen LogP contribution in [-0.4, -0.2) is 36.7 Å². The van der Waals surface area contributed by atoms with E-state index in [0.717, 1.165) is 0 Å². The van der Waals surface area contributed by atoms with Crippen molar-refractivity contribution < 1.29 is 14.6 Å². The van der Waals surface area contributed by atoms with Crippen molar-refractivity contribution in [3.63, 3.8) is 0 Å². The van der Waals surface area contributed by atoms with E-state index < -0.39 is 6.23 Å². The fourth-order valence-electron chi connectivity index (χ4n) is 3.28. The van der Waals surface area contributed by atoms with Crippen LogP contribution in [-0.2, 0) is 20.2 Å². The van der Waals surface area contributed by atoms with Gasteiger partial charge in [0.05, 0.1) is 29.8 Å².